The van der Waals surface area contributed by atoms with Crippen LogP contribution in [0.5, 0.6) is 0 Å². The number of aromatic nitrogens is 1. The van der Waals surface area contributed by atoms with Gasteiger partial charge in [-0.1, -0.05) is 11.8 Å². The van der Waals surface area contributed by atoms with E-state index in [1.165, 1.54) is 53.4 Å². The zero-order valence-electron chi connectivity index (χ0n) is 9.59. The van der Waals surface area contributed by atoms with E-state index in [-0.39, 0.29) is 11.6 Å². The molecule has 0 atom stereocenters. The summed E-state index contributed by atoms with van der Waals surface area (Å²) in [4.78, 5) is 16.0. The van der Waals surface area contributed by atoms with Crippen molar-refractivity contribution in [2.75, 3.05) is 0 Å². The first-order chi connectivity index (χ1) is 8.65. The Hall–Kier alpha value is -1.46. The van der Waals surface area contributed by atoms with Crippen molar-refractivity contribution in [1.82, 2.24) is 4.98 Å². The van der Waals surface area contributed by atoms with Crippen molar-refractivity contribution in [3.8, 4) is 0 Å². The molecule has 92 valence electrons. The van der Waals surface area contributed by atoms with Gasteiger partial charge in [0.15, 0.2) is 10.1 Å². The summed E-state index contributed by atoms with van der Waals surface area (Å²) in [5, 5.41) is 3.65. The van der Waals surface area contributed by atoms with Crippen LogP contribution in [-0.2, 0) is 0 Å². The van der Waals surface area contributed by atoms with Crippen LogP contribution in [0, 0.1) is 12.7 Å². The van der Waals surface area contributed by atoms with Crippen molar-refractivity contribution in [2.24, 2.45) is 0 Å². The Bertz CT molecular complexity index is 575. The van der Waals surface area contributed by atoms with E-state index in [9.17, 15) is 9.18 Å². The van der Waals surface area contributed by atoms with Gasteiger partial charge < -0.3 is 0 Å². The van der Waals surface area contributed by atoms with Gasteiger partial charge in [-0.3, -0.25) is 4.79 Å². The lowest BCUT2D eigenvalue weighted by Crippen LogP contribution is -1.93. The standard InChI is InChI=1S/C13H10FNOS2/c1-9-8-18-13(15-9)17-7-6-12(16)10-2-4-11(14)5-3-10/h2-8H,1H3/b7-6+. The molecule has 0 unspecified atom stereocenters. The van der Waals surface area contributed by atoms with Gasteiger partial charge in [0.25, 0.3) is 0 Å². The molecule has 0 aliphatic heterocycles. The molecule has 2 aromatic rings. The quantitative estimate of drug-likeness (QED) is 0.480. The summed E-state index contributed by atoms with van der Waals surface area (Å²) < 4.78 is 13.6. The molecule has 5 heteroatoms. The van der Waals surface area contributed by atoms with Crippen LogP contribution in [0.3, 0.4) is 0 Å². The largest absolute Gasteiger partial charge is 0.289 e. The SMILES string of the molecule is Cc1csc(S/C=C/C(=O)c2ccc(F)cc2)n1. The van der Waals surface area contributed by atoms with Crippen LogP contribution in [0.15, 0.2) is 45.5 Å². The highest BCUT2D eigenvalue weighted by atomic mass is 32.2. The molecule has 0 N–H and O–H groups in total. The third-order valence-electron chi connectivity index (χ3n) is 2.11. The zero-order chi connectivity index (χ0) is 13.0. The van der Waals surface area contributed by atoms with Gasteiger partial charge in [-0.15, -0.1) is 11.3 Å². The Labute approximate surface area is 113 Å². The maximum atomic E-state index is 12.7. The Kier molecular flexibility index (Phi) is 4.28. The second kappa shape index (κ2) is 5.93. The number of hydrogen-bond donors (Lipinski definition) is 0. The van der Waals surface area contributed by atoms with Crippen molar-refractivity contribution in [2.45, 2.75) is 11.3 Å². The number of nitrogens with zero attached hydrogens (tertiary/aromatic N) is 1. The first-order valence-electron chi connectivity index (χ1n) is 5.20. The second-order valence-corrected chi connectivity index (χ2v) is 5.56. The summed E-state index contributed by atoms with van der Waals surface area (Å²) >= 11 is 2.94. The molecule has 18 heavy (non-hydrogen) atoms. The summed E-state index contributed by atoms with van der Waals surface area (Å²) in [6.07, 6.45) is 1.47. The van der Waals surface area contributed by atoms with E-state index in [0.717, 1.165) is 10.0 Å². The molecule has 0 fully saturated rings. The van der Waals surface area contributed by atoms with E-state index in [1.807, 2.05) is 12.3 Å². The minimum atomic E-state index is -0.344. The van der Waals surface area contributed by atoms with Crippen molar-refractivity contribution >= 4 is 28.9 Å². The normalized spacial score (nSPS) is 11.0. The Morgan fingerprint density at radius 2 is 2.11 bits per heavy atom. The number of thioether (sulfide) groups is 1. The van der Waals surface area contributed by atoms with Gasteiger partial charge >= 0.3 is 0 Å². The van der Waals surface area contributed by atoms with Crippen LogP contribution in [0.4, 0.5) is 4.39 Å². The van der Waals surface area contributed by atoms with E-state index in [2.05, 4.69) is 4.98 Å². The fraction of sp³-hybridized carbons (Fsp3) is 0.0769. The molecule has 0 saturated carbocycles. The van der Waals surface area contributed by atoms with Gasteiger partial charge in [0.2, 0.25) is 0 Å². The van der Waals surface area contributed by atoms with Crippen LogP contribution >= 0.6 is 23.1 Å². The smallest absolute Gasteiger partial charge is 0.186 e. The van der Waals surface area contributed by atoms with Crippen LogP contribution in [-0.4, -0.2) is 10.8 Å². The van der Waals surface area contributed by atoms with Crippen LogP contribution in [0.1, 0.15) is 16.1 Å². The lowest BCUT2D eigenvalue weighted by molar-refractivity contribution is 0.104. The Balaban J connectivity index is 1.97. The molecule has 0 saturated heterocycles. The van der Waals surface area contributed by atoms with E-state index < -0.39 is 0 Å². The number of carbonyl (C=O) groups is 1. The predicted molar refractivity (Wildman–Crippen MR) is 72.6 cm³/mol. The fourth-order valence-electron chi connectivity index (χ4n) is 1.25. The molecule has 0 aliphatic carbocycles. The van der Waals surface area contributed by atoms with Crippen molar-refractivity contribution < 1.29 is 9.18 Å². The summed E-state index contributed by atoms with van der Waals surface area (Å²) in [7, 11) is 0. The minimum absolute atomic E-state index is 0.143. The highest BCUT2D eigenvalue weighted by Crippen LogP contribution is 2.23. The van der Waals surface area contributed by atoms with E-state index in [4.69, 9.17) is 0 Å². The number of ketones is 1. The molecule has 0 aliphatic rings. The molecular formula is C13H10FNOS2. The third-order valence-corrected chi connectivity index (χ3v) is 4.01. The van der Waals surface area contributed by atoms with E-state index in [0.29, 0.717) is 5.56 Å². The lowest BCUT2D eigenvalue weighted by atomic mass is 10.1. The molecule has 0 bridgehead atoms. The molecule has 1 heterocycles. The van der Waals surface area contributed by atoms with Crippen LogP contribution in [0.25, 0.3) is 0 Å². The molecule has 1 aromatic carbocycles. The molecule has 0 amide bonds. The molecule has 2 nitrogen and oxygen atoms in total. The van der Waals surface area contributed by atoms with Gasteiger partial charge in [0.1, 0.15) is 5.82 Å². The fourth-order valence-corrected chi connectivity index (χ4v) is 2.81. The van der Waals surface area contributed by atoms with Crippen molar-refractivity contribution in [3.63, 3.8) is 0 Å². The van der Waals surface area contributed by atoms with Gasteiger partial charge in [0, 0.05) is 16.6 Å². The average Bonchev–Trinajstić information content (AvgIpc) is 2.76. The maximum Gasteiger partial charge on any atom is 0.186 e. The zero-order valence-corrected chi connectivity index (χ0v) is 11.2. The van der Waals surface area contributed by atoms with Gasteiger partial charge in [0.05, 0.1) is 0 Å². The Morgan fingerprint density at radius 3 is 2.72 bits per heavy atom. The van der Waals surface area contributed by atoms with Gasteiger partial charge in [-0.05, 0) is 42.7 Å². The lowest BCUT2D eigenvalue weighted by Gasteiger charge is -1.94. The maximum absolute atomic E-state index is 12.7. The number of hydrogen-bond acceptors (Lipinski definition) is 4. The van der Waals surface area contributed by atoms with E-state index >= 15 is 0 Å². The molecular weight excluding hydrogens is 269 g/mol. The molecule has 0 spiro atoms. The van der Waals surface area contributed by atoms with Crippen molar-refractivity contribution in [1.29, 1.82) is 0 Å². The number of benzene rings is 1. The third kappa shape index (κ3) is 3.51. The summed E-state index contributed by atoms with van der Waals surface area (Å²) in [5.74, 6) is -0.487. The number of allylic oxidation sites excluding steroid dienone is 1. The van der Waals surface area contributed by atoms with E-state index in [1.54, 1.807) is 5.41 Å². The summed E-state index contributed by atoms with van der Waals surface area (Å²) in [6, 6.07) is 5.50. The number of aryl methyl sites for hydroxylation is 1. The van der Waals surface area contributed by atoms with Crippen LogP contribution < -0.4 is 0 Å². The number of rotatable bonds is 4. The first-order valence-corrected chi connectivity index (χ1v) is 6.96. The minimum Gasteiger partial charge on any atom is -0.289 e. The average molecular weight is 279 g/mol. The highest BCUT2D eigenvalue weighted by molar-refractivity contribution is 8.03. The Morgan fingerprint density at radius 1 is 1.39 bits per heavy atom. The molecule has 1 aromatic heterocycles. The monoisotopic (exact) mass is 279 g/mol. The summed E-state index contributed by atoms with van der Waals surface area (Å²) in [6.45, 7) is 1.92. The number of thiazole rings is 1. The van der Waals surface area contributed by atoms with Gasteiger partial charge in [-0.25, -0.2) is 9.37 Å². The van der Waals surface area contributed by atoms with Crippen LogP contribution in [0.2, 0.25) is 0 Å². The van der Waals surface area contributed by atoms with Gasteiger partial charge in [-0.2, -0.15) is 0 Å². The number of carbonyl (C=O) groups excluding carboxylic acids is 1. The summed E-state index contributed by atoms with van der Waals surface area (Å²) in [5.41, 5.74) is 1.45. The first kappa shape index (κ1) is 13.0. The van der Waals surface area contributed by atoms with Crippen molar-refractivity contribution in [3.05, 3.63) is 58.2 Å². The predicted octanol–water partition coefficient (Wildman–Crippen LogP) is 4.08. The number of halogens is 1. The second-order valence-electron chi connectivity index (χ2n) is 3.55. The molecule has 2 rings (SSSR count). The molecule has 0 radical (unpaired) electrons. The highest BCUT2D eigenvalue weighted by Gasteiger charge is 2.02. The topological polar surface area (TPSA) is 30.0 Å².